The van der Waals surface area contributed by atoms with Gasteiger partial charge in [0.05, 0.1) is 18.3 Å². The summed E-state index contributed by atoms with van der Waals surface area (Å²) < 4.78 is 10.9. The fourth-order valence-corrected chi connectivity index (χ4v) is 6.75. The number of ether oxygens (including phenoxy) is 2. The van der Waals surface area contributed by atoms with Crippen LogP contribution >= 0.6 is 0 Å². The Hall–Kier alpha value is -0.870. The SMILES string of the molecule is CC1(C)CC[C@@H]2[C@]3(C)CO[C@@H]3CC[C@@]2(C)C1C/C=C1/C(=O)OC[C@H]1O. The van der Waals surface area contributed by atoms with E-state index >= 15 is 0 Å². The highest BCUT2D eigenvalue weighted by molar-refractivity contribution is 5.91. The Morgan fingerprint density at radius 3 is 2.52 bits per heavy atom. The molecule has 0 bridgehead atoms. The van der Waals surface area contributed by atoms with Gasteiger partial charge in [-0.2, -0.15) is 0 Å². The molecule has 2 heterocycles. The third-order valence-electron chi connectivity index (χ3n) is 8.23. The molecule has 0 amide bonds. The van der Waals surface area contributed by atoms with Crippen LogP contribution in [0, 0.1) is 28.1 Å². The second kappa shape index (κ2) is 5.56. The van der Waals surface area contributed by atoms with Crippen LogP contribution in [0.4, 0.5) is 0 Å². The van der Waals surface area contributed by atoms with Gasteiger partial charge in [-0.15, -0.1) is 0 Å². The van der Waals surface area contributed by atoms with Crippen LogP contribution < -0.4 is 0 Å². The Balaban J connectivity index is 1.64. The third-order valence-corrected chi connectivity index (χ3v) is 8.23. The largest absolute Gasteiger partial charge is 0.459 e. The van der Waals surface area contributed by atoms with E-state index in [0.717, 1.165) is 19.4 Å². The van der Waals surface area contributed by atoms with Gasteiger partial charge in [0.15, 0.2) is 0 Å². The summed E-state index contributed by atoms with van der Waals surface area (Å²) in [5.41, 5.74) is 1.29. The highest BCUT2D eigenvalue weighted by Crippen LogP contribution is 2.67. The average molecular weight is 348 g/mol. The molecule has 2 aliphatic heterocycles. The molecule has 6 atom stereocenters. The van der Waals surface area contributed by atoms with E-state index < -0.39 is 6.10 Å². The third kappa shape index (κ3) is 2.43. The predicted molar refractivity (Wildman–Crippen MR) is 94.8 cm³/mol. The lowest BCUT2D eigenvalue weighted by Crippen LogP contribution is -2.65. The number of allylic oxidation sites excluding steroid dienone is 1. The minimum absolute atomic E-state index is 0.107. The number of cyclic esters (lactones) is 1. The Labute approximate surface area is 151 Å². The molecule has 4 nitrogen and oxygen atoms in total. The molecule has 1 unspecified atom stereocenters. The van der Waals surface area contributed by atoms with E-state index in [-0.39, 0.29) is 23.4 Å². The van der Waals surface area contributed by atoms with E-state index in [1.165, 1.54) is 19.3 Å². The Morgan fingerprint density at radius 1 is 1.16 bits per heavy atom. The molecule has 4 heteroatoms. The lowest BCUT2D eigenvalue weighted by molar-refractivity contribution is -0.276. The minimum atomic E-state index is -0.754. The summed E-state index contributed by atoms with van der Waals surface area (Å²) in [5, 5.41) is 10.0. The first kappa shape index (κ1) is 17.5. The van der Waals surface area contributed by atoms with Gasteiger partial charge in [0.25, 0.3) is 0 Å². The molecule has 4 fully saturated rings. The number of aliphatic hydroxyl groups is 1. The van der Waals surface area contributed by atoms with E-state index in [0.29, 0.717) is 28.9 Å². The van der Waals surface area contributed by atoms with Crippen molar-refractivity contribution in [1.29, 1.82) is 0 Å². The molecule has 0 aromatic rings. The average Bonchev–Trinajstić information content (AvgIpc) is 2.83. The second-order valence-corrected chi connectivity index (χ2v) is 9.99. The summed E-state index contributed by atoms with van der Waals surface area (Å²) in [4.78, 5) is 11.9. The lowest BCUT2D eigenvalue weighted by Gasteiger charge is -2.67. The summed E-state index contributed by atoms with van der Waals surface area (Å²) in [6, 6.07) is 0. The number of carbonyl (C=O) groups excluding carboxylic acids is 1. The van der Waals surface area contributed by atoms with Crippen LogP contribution in [0.3, 0.4) is 0 Å². The maximum atomic E-state index is 11.9. The zero-order valence-electron chi connectivity index (χ0n) is 16.0. The number of carbonyl (C=O) groups is 1. The normalized spacial score (nSPS) is 50.0. The number of hydrogen-bond acceptors (Lipinski definition) is 4. The Morgan fingerprint density at radius 2 is 1.92 bits per heavy atom. The first-order valence-electron chi connectivity index (χ1n) is 9.85. The fraction of sp³-hybridized carbons (Fsp3) is 0.857. The first-order valence-corrected chi connectivity index (χ1v) is 9.85. The molecule has 2 saturated heterocycles. The smallest absolute Gasteiger partial charge is 0.336 e. The molecule has 4 rings (SSSR count). The highest BCUT2D eigenvalue weighted by Gasteiger charge is 2.63. The highest BCUT2D eigenvalue weighted by atomic mass is 16.6. The summed E-state index contributed by atoms with van der Waals surface area (Å²) in [6.45, 7) is 10.7. The zero-order chi connectivity index (χ0) is 18.0. The Kier molecular flexibility index (Phi) is 3.90. The zero-order valence-corrected chi connectivity index (χ0v) is 16.0. The van der Waals surface area contributed by atoms with Gasteiger partial charge in [-0.25, -0.2) is 4.79 Å². The van der Waals surface area contributed by atoms with Gasteiger partial charge < -0.3 is 14.6 Å². The van der Waals surface area contributed by atoms with E-state index in [9.17, 15) is 9.90 Å². The maximum Gasteiger partial charge on any atom is 0.336 e. The van der Waals surface area contributed by atoms with Gasteiger partial charge in [-0.3, -0.25) is 0 Å². The topological polar surface area (TPSA) is 55.8 Å². The molecule has 140 valence electrons. The summed E-state index contributed by atoms with van der Waals surface area (Å²) in [5.74, 6) is 0.848. The molecule has 2 aliphatic carbocycles. The monoisotopic (exact) mass is 348 g/mol. The van der Waals surface area contributed by atoms with Crippen molar-refractivity contribution in [2.24, 2.45) is 28.1 Å². The summed E-state index contributed by atoms with van der Waals surface area (Å²) in [6.07, 6.45) is 7.36. The van der Waals surface area contributed by atoms with E-state index in [4.69, 9.17) is 9.47 Å². The molecule has 2 saturated carbocycles. The quantitative estimate of drug-likeness (QED) is 0.613. The summed E-state index contributed by atoms with van der Waals surface area (Å²) >= 11 is 0. The summed E-state index contributed by atoms with van der Waals surface area (Å²) in [7, 11) is 0. The predicted octanol–water partition coefficient (Wildman–Crippen LogP) is 3.48. The number of esters is 1. The van der Waals surface area contributed by atoms with Gasteiger partial charge in [-0.1, -0.05) is 33.8 Å². The van der Waals surface area contributed by atoms with Crippen LogP contribution in [-0.4, -0.2) is 36.5 Å². The van der Waals surface area contributed by atoms with Gasteiger partial charge in [0, 0.05) is 5.41 Å². The van der Waals surface area contributed by atoms with Gasteiger partial charge in [0.1, 0.15) is 12.7 Å². The standard InChI is InChI=1S/C21H32O4/c1-19(2)9-7-16-20(3,10-8-17-21(16,4)12-25-17)15(19)6-5-13-14(22)11-24-18(13)23/h5,14-17,22H,6-12H2,1-4H3/b13-5+/t14-,15?,16+,17-,20+,21+/m1/s1. The minimum Gasteiger partial charge on any atom is -0.459 e. The van der Waals surface area contributed by atoms with E-state index in [2.05, 4.69) is 27.7 Å². The van der Waals surface area contributed by atoms with E-state index in [1.807, 2.05) is 6.08 Å². The second-order valence-electron chi connectivity index (χ2n) is 9.99. The maximum absolute atomic E-state index is 11.9. The van der Waals surface area contributed by atoms with Crippen LogP contribution in [-0.2, 0) is 14.3 Å². The Bertz CT molecular complexity index is 609. The molecule has 0 aromatic carbocycles. The van der Waals surface area contributed by atoms with Gasteiger partial charge in [-0.05, 0) is 54.8 Å². The van der Waals surface area contributed by atoms with Crippen LogP contribution in [0.25, 0.3) is 0 Å². The van der Waals surface area contributed by atoms with Crippen molar-refractivity contribution < 1.29 is 19.4 Å². The molecule has 0 spiro atoms. The van der Waals surface area contributed by atoms with Crippen LogP contribution in [0.2, 0.25) is 0 Å². The molecular formula is C21H32O4. The molecule has 4 aliphatic rings. The molecule has 0 radical (unpaired) electrons. The molecule has 0 aromatic heterocycles. The van der Waals surface area contributed by atoms with Gasteiger partial charge >= 0.3 is 5.97 Å². The lowest BCUT2D eigenvalue weighted by atomic mass is 9.41. The van der Waals surface area contributed by atoms with Crippen LogP contribution in [0.1, 0.15) is 59.8 Å². The van der Waals surface area contributed by atoms with Crippen molar-refractivity contribution >= 4 is 5.97 Å². The molecule has 1 N–H and O–H groups in total. The van der Waals surface area contributed by atoms with Crippen molar-refractivity contribution in [3.63, 3.8) is 0 Å². The number of aliphatic hydroxyl groups excluding tert-OH is 1. The van der Waals surface area contributed by atoms with Crippen LogP contribution in [0.15, 0.2) is 11.6 Å². The number of rotatable bonds is 2. The number of fused-ring (bicyclic) bond motifs is 3. The van der Waals surface area contributed by atoms with Crippen molar-refractivity contribution in [3.05, 3.63) is 11.6 Å². The molecule has 25 heavy (non-hydrogen) atoms. The van der Waals surface area contributed by atoms with E-state index in [1.54, 1.807) is 0 Å². The van der Waals surface area contributed by atoms with Crippen molar-refractivity contribution in [2.45, 2.75) is 72.0 Å². The van der Waals surface area contributed by atoms with Crippen molar-refractivity contribution in [1.82, 2.24) is 0 Å². The fourth-order valence-electron chi connectivity index (χ4n) is 6.75. The molecular weight excluding hydrogens is 316 g/mol. The number of hydrogen-bond donors (Lipinski definition) is 1. The van der Waals surface area contributed by atoms with Gasteiger partial charge in [0.2, 0.25) is 0 Å². The van der Waals surface area contributed by atoms with Crippen LogP contribution in [0.5, 0.6) is 0 Å². The van der Waals surface area contributed by atoms with Crippen molar-refractivity contribution in [3.8, 4) is 0 Å². The first-order chi connectivity index (χ1) is 11.7. The van der Waals surface area contributed by atoms with Crippen molar-refractivity contribution in [2.75, 3.05) is 13.2 Å².